The van der Waals surface area contributed by atoms with Gasteiger partial charge in [0.15, 0.2) is 0 Å². The van der Waals surface area contributed by atoms with Crippen molar-refractivity contribution in [3.8, 4) is 5.75 Å². The van der Waals surface area contributed by atoms with E-state index in [0.717, 1.165) is 24.2 Å². The molecule has 0 saturated carbocycles. The molecule has 0 heterocycles. The number of ether oxygens (including phenoxy) is 1. The summed E-state index contributed by atoms with van der Waals surface area (Å²) >= 11 is 0. The fraction of sp³-hybridized carbons (Fsp3) is 0.333. The lowest BCUT2D eigenvalue weighted by Crippen LogP contribution is -2.42. The van der Waals surface area contributed by atoms with E-state index < -0.39 is 12.0 Å². The van der Waals surface area contributed by atoms with Crippen molar-refractivity contribution >= 4 is 11.9 Å². The van der Waals surface area contributed by atoms with Gasteiger partial charge in [-0.2, -0.15) is 0 Å². The number of hydrogen-bond donors (Lipinski definition) is 3. The molecule has 1 aliphatic carbocycles. The lowest BCUT2D eigenvalue weighted by atomic mass is 10.1. The molecule has 0 aromatic heterocycles. The topological polar surface area (TPSA) is 102 Å². The van der Waals surface area contributed by atoms with Crippen LogP contribution >= 0.6 is 0 Å². The van der Waals surface area contributed by atoms with Crippen LogP contribution < -0.4 is 15.8 Å². The summed E-state index contributed by atoms with van der Waals surface area (Å²) in [6, 6.07) is 6.18. The molecule has 1 atom stereocenters. The van der Waals surface area contributed by atoms with Gasteiger partial charge in [-0.25, -0.2) is 0 Å². The predicted molar refractivity (Wildman–Crippen MR) is 90.7 cm³/mol. The van der Waals surface area contributed by atoms with Crippen molar-refractivity contribution in [3.63, 3.8) is 0 Å². The molecule has 0 aliphatic heterocycles. The molecule has 24 heavy (non-hydrogen) atoms. The summed E-state index contributed by atoms with van der Waals surface area (Å²) in [5, 5.41) is 11.2. The van der Waals surface area contributed by atoms with Crippen molar-refractivity contribution in [2.45, 2.75) is 25.3 Å². The lowest BCUT2D eigenvalue weighted by Gasteiger charge is -2.11. The van der Waals surface area contributed by atoms with E-state index in [1.807, 2.05) is 24.3 Å². The van der Waals surface area contributed by atoms with Crippen molar-refractivity contribution in [3.05, 3.63) is 53.6 Å². The van der Waals surface area contributed by atoms with Crippen molar-refractivity contribution in [2.24, 2.45) is 5.73 Å². The van der Waals surface area contributed by atoms with E-state index in [1.54, 1.807) is 0 Å². The fourth-order valence-electron chi connectivity index (χ4n) is 2.20. The molecule has 0 spiro atoms. The Labute approximate surface area is 141 Å². The molecular weight excluding hydrogens is 308 g/mol. The minimum atomic E-state index is -1.14. The Kier molecular flexibility index (Phi) is 6.57. The molecule has 1 aliphatic rings. The number of nitrogens with two attached hydrogens (primary N) is 1. The summed E-state index contributed by atoms with van der Waals surface area (Å²) in [5.74, 6) is -0.662. The van der Waals surface area contributed by atoms with Crippen LogP contribution in [0.3, 0.4) is 0 Å². The van der Waals surface area contributed by atoms with Gasteiger partial charge in [-0.15, -0.1) is 0 Å². The van der Waals surface area contributed by atoms with Crippen LogP contribution in [-0.4, -0.2) is 36.2 Å². The highest BCUT2D eigenvalue weighted by Gasteiger charge is 2.12. The number of aliphatic carboxylic acids is 1. The lowest BCUT2D eigenvalue weighted by molar-refractivity contribution is -0.138. The molecule has 0 saturated heterocycles. The molecule has 1 unspecified atom stereocenters. The number of carboxylic acid groups (broad SMARTS) is 1. The second-order valence-corrected chi connectivity index (χ2v) is 5.62. The van der Waals surface area contributed by atoms with E-state index in [1.165, 1.54) is 5.57 Å². The quantitative estimate of drug-likeness (QED) is 0.669. The number of carboxylic acids is 1. The molecule has 6 heteroatoms. The van der Waals surface area contributed by atoms with Crippen LogP contribution in [0.4, 0.5) is 0 Å². The smallest absolute Gasteiger partial charge is 0.322 e. The van der Waals surface area contributed by atoms with Crippen LogP contribution in [0.5, 0.6) is 5.75 Å². The SMILES string of the molecule is NC(CNC(=O)Cc1ccc(OCC2=CCCC=C2)cc1)C(=O)O. The van der Waals surface area contributed by atoms with Gasteiger partial charge in [0, 0.05) is 6.54 Å². The first-order valence-corrected chi connectivity index (χ1v) is 7.87. The summed E-state index contributed by atoms with van der Waals surface area (Å²) in [4.78, 5) is 22.3. The van der Waals surface area contributed by atoms with Gasteiger partial charge < -0.3 is 20.9 Å². The van der Waals surface area contributed by atoms with E-state index in [0.29, 0.717) is 6.61 Å². The molecule has 128 valence electrons. The Morgan fingerprint density at radius 3 is 2.62 bits per heavy atom. The number of hydrogen-bond acceptors (Lipinski definition) is 4. The van der Waals surface area contributed by atoms with Crippen LogP contribution in [0.25, 0.3) is 0 Å². The average molecular weight is 330 g/mol. The highest BCUT2D eigenvalue weighted by molar-refractivity contribution is 5.80. The van der Waals surface area contributed by atoms with Crippen LogP contribution in [0.15, 0.2) is 48.1 Å². The van der Waals surface area contributed by atoms with Gasteiger partial charge in [0.1, 0.15) is 18.4 Å². The molecule has 6 nitrogen and oxygen atoms in total. The molecule has 0 bridgehead atoms. The number of allylic oxidation sites excluding steroid dienone is 2. The molecule has 2 rings (SSSR count). The standard InChI is InChI=1S/C18H22N2O4/c19-16(18(22)23)11-20-17(21)10-13-6-8-15(9-7-13)24-12-14-4-2-1-3-5-14/h2,4-9,16H,1,3,10-12,19H2,(H,20,21)(H,22,23). The molecule has 1 amide bonds. The third-order valence-corrected chi connectivity index (χ3v) is 3.60. The van der Waals surface area contributed by atoms with E-state index in [9.17, 15) is 9.59 Å². The Balaban J connectivity index is 1.77. The summed E-state index contributed by atoms with van der Waals surface area (Å²) in [7, 11) is 0. The van der Waals surface area contributed by atoms with Gasteiger partial charge in [-0.3, -0.25) is 9.59 Å². The molecule has 0 fully saturated rings. The van der Waals surface area contributed by atoms with Crippen LogP contribution in [0.1, 0.15) is 18.4 Å². The van der Waals surface area contributed by atoms with E-state index in [4.69, 9.17) is 15.6 Å². The third-order valence-electron chi connectivity index (χ3n) is 3.60. The Bertz CT molecular complexity index is 635. The monoisotopic (exact) mass is 330 g/mol. The first-order chi connectivity index (χ1) is 11.5. The van der Waals surface area contributed by atoms with Gasteiger partial charge in [-0.1, -0.05) is 30.4 Å². The van der Waals surface area contributed by atoms with Crippen molar-refractivity contribution in [1.82, 2.24) is 5.32 Å². The highest BCUT2D eigenvalue weighted by Crippen LogP contribution is 2.15. The Morgan fingerprint density at radius 1 is 1.25 bits per heavy atom. The maximum Gasteiger partial charge on any atom is 0.322 e. The van der Waals surface area contributed by atoms with Gasteiger partial charge in [-0.05, 0) is 36.1 Å². The molecular formula is C18H22N2O4. The minimum Gasteiger partial charge on any atom is -0.489 e. The average Bonchev–Trinajstić information content (AvgIpc) is 2.60. The second kappa shape index (κ2) is 8.88. The number of carbonyl (C=O) groups is 2. The normalized spacial score (nSPS) is 14.6. The second-order valence-electron chi connectivity index (χ2n) is 5.62. The third kappa shape index (κ3) is 5.89. The van der Waals surface area contributed by atoms with Crippen molar-refractivity contribution < 1.29 is 19.4 Å². The zero-order chi connectivity index (χ0) is 17.4. The first-order valence-electron chi connectivity index (χ1n) is 7.87. The van der Waals surface area contributed by atoms with E-state index >= 15 is 0 Å². The summed E-state index contributed by atoms with van der Waals surface area (Å²) in [6.45, 7) is 0.446. The largest absolute Gasteiger partial charge is 0.489 e. The van der Waals surface area contributed by atoms with Crippen LogP contribution in [0, 0.1) is 0 Å². The molecule has 0 radical (unpaired) electrons. The zero-order valence-corrected chi connectivity index (χ0v) is 13.4. The molecule has 1 aromatic rings. The molecule has 4 N–H and O–H groups in total. The highest BCUT2D eigenvalue weighted by atomic mass is 16.5. The van der Waals surface area contributed by atoms with Crippen molar-refractivity contribution in [1.29, 1.82) is 0 Å². The maximum atomic E-state index is 11.8. The first kappa shape index (κ1) is 17.7. The summed E-state index contributed by atoms with van der Waals surface area (Å²) in [6.07, 6.45) is 8.67. The van der Waals surface area contributed by atoms with E-state index in [2.05, 4.69) is 23.5 Å². The number of nitrogens with one attached hydrogen (secondary N) is 1. The Morgan fingerprint density at radius 2 is 2.00 bits per heavy atom. The number of carbonyl (C=O) groups excluding carboxylic acids is 1. The fourth-order valence-corrected chi connectivity index (χ4v) is 2.20. The van der Waals surface area contributed by atoms with Crippen LogP contribution in [-0.2, 0) is 16.0 Å². The van der Waals surface area contributed by atoms with Gasteiger partial charge in [0.25, 0.3) is 0 Å². The van der Waals surface area contributed by atoms with Crippen LogP contribution in [0.2, 0.25) is 0 Å². The molecule has 1 aromatic carbocycles. The zero-order valence-electron chi connectivity index (χ0n) is 13.4. The van der Waals surface area contributed by atoms with E-state index in [-0.39, 0.29) is 18.9 Å². The number of rotatable bonds is 8. The number of amides is 1. The predicted octanol–water partition coefficient (Wildman–Crippen LogP) is 1.41. The minimum absolute atomic E-state index is 0.0853. The maximum absolute atomic E-state index is 11.8. The van der Waals surface area contributed by atoms with Crippen molar-refractivity contribution in [2.75, 3.05) is 13.2 Å². The summed E-state index contributed by atoms with van der Waals surface area (Å²) < 4.78 is 5.71. The van der Waals surface area contributed by atoms with Gasteiger partial charge in [0.05, 0.1) is 6.42 Å². The van der Waals surface area contributed by atoms with Gasteiger partial charge in [0.2, 0.25) is 5.91 Å². The van der Waals surface area contributed by atoms with Gasteiger partial charge >= 0.3 is 5.97 Å². The number of benzene rings is 1. The summed E-state index contributed by atoms with van der Waals surface area (Å²) in [5.41, 5.74) is 7.32. The Hall–Kier alpha value is -2.60.